The minimum atomic E-state index is -0.746. The molecule has 2 N–H and O–H groups in total. The van der Waals surface area contributed by atoms with Crippen molar-refractivity contribution in [2.75, 3.05) is 13.3 Å². The number of aliphatic hydroxyl groups excluding tert-OH is 1. The maximum atomic E-state index is 12.2. The first-order chi connectivity index (χ1) is 11.5. The Morgan fingerprint density at radius 3 is 2.46 bits per heavy atom. The van der Waals surface area contributed by atoms with Crippen LogP contribution in [0.2, 0.25) is 0 Å². The van der Waals surface area contributed by atoms with E-state index >= 15 is 0 Å². The number of hydrogen-bond acceptors (Lipinski definition) is 4. The van der Waals surface area contributed by atoms with Gasteiger partial charge in [-0.25, -0.2) is 0 Å². The molecule has 5 nitrogen and oxygen atoms in total. The van der Waals surface area contributed by atoms with Gasteiger partial charge in [0.15, 0.2) is 11.5 Å². The molecule has 0 spiro atoms. The summed E-state index contributed by atoms with van der Waals surface area (Å²) in [6.07, 6.45) is -0.746. The fourth-order valence-electron chi connectivity index (χ4n) is 2.55. The van der Waals surface area contributed by atoms with Crippen molar-refractivity contribution in [3.05, 3.63) is 59.2 Å². The van der Waals surface area contributed by atoms with Crippen LogP contribution >= 0.6 is 0 Å². The lowest BCUT2D eigenvalue weighted by Crippen LogP contribution is -2.28. The summed E-state index contributed by atoms with van der Waals surface area (Å²) in [6.45, 7) is 4.56. The molecule has 1 aliphatic rings. The lowest BCUT2D eigenvalue weighted by Gasteiger charge is -2.14. The molecule has 0 radical (unpaired) electrons. The van der Waals surface area contributed by atoms with Gasteiger partial charge >= 0.3 is 0 Å². The molecule has 126 valence electrons. The molecule has 2 aromatic carbocycles. The summed E-state index contributed by atoms with van der Waals surface area (Å²) in [5.74, 6) is 1.39. The summed E-state index contributed by atoms with van der Waals surface area (Å²) in [5.41, 5.74) is 2.47. The number of carbonyl (C=O) groups is 1. The van der Waals surface area contributed by atoms with E-state index in [0.29, 0.717) is 23.0 Å². The third kappa shape index (κ3) is 3.51. The largest absolute Gasteiger partial charge is 0.454 e. The molecule has 0 saturated heterocycles. The van der Waals surface area contributed by atoms with Crippen molar-refractivity contribution < 1.29 is 19.4 Å². The van der Waals surface area contributed by atoms with Crippen LogP contribution in [0.5, 0.6) is 11.5 Å². The van der Waals surface area contributed by atoms with E-state index in [1.54, 1.807) is 18.2 Å². The highest BCUT2D eigenvalue weighted by molar-refractivity contribution is 5.94. The third-order valence-corrected chi connectivity index (χ3v) is 4.08. The van der Waals surface area contributed by atoms with Crippen LogP contribution in [0.15, 0.2) is 42.5 Å². The number of amides is 1. The molecule has 0 aliphatic carbocycles. The van der Waals surface area contributed by atoms with Gasteiger partial charge < -0.3 is 19.9 Å². The van der Waals surface area contributed by atoms with Gasteiger partial charge in [-0.05, 0) is 35.2 Å². The average Bonchev–Trinajstić information content (AvgIpc) is 3.07. The van der Waals surface area contributed by atoms with Gasteiger partial charge in [0.25, 0.3) is 5.91 Å². The molecule has 1 amide bonds. The molecule has 1 aliphatic heterocycles. The van der Waals surface area contributed by atoms with E-state index in [4.69, 9.17) is 9.47 Å². The number of ether oxygens (including phenoxy) is 2. The van der Waals surface area contributed by atoms with E-state index < -0.39 is 6.10 Å². The van der Waals surface area contributed by atoms with Gasteiger partial charge in [-0.15, -0.1) is 0 Å². The van der Waals surface area contributed by atoms with E-state index in [1.165, 1.54) is 5.56 Å². The summed E-state index contributed by atoms with van der Waals surface area (Å²) in [4.78, 5) is 12.2. The maximum absolute atomic E-state index is 12.2. The first kappa shape index (κ1) is 16.3. The topological polar surface area (TPSA) is 67.8 Å². The molecule has 1 atom stereocenters. The molecule has 0 saturated carbocycles. The van der Waals surface area contributed by atoms with Crippen LogP contribution in [0, 0.1) is 0 Å². The van der Waals surface area contributed by atoms with Crippen molar-refractivity contribution in [2.45, 2.75) is 25.9 Å². The van der Waals surface area contributed by atoms with Crippen LogP contribution in [0.4, 0.5) is 0 Å². The van der Waals surface area contributed by atoms with Gasteiger partial charge in [0.05, 0.1) is 6.10 Å². The number of nitrogens with one attached hydrogen (secondary N) is 1. The highest BCUT2D eigenvalue weighted by Gasteiger charge is 2.17. The molecule has 1 unspecified atom stereocenters. The first-order valence-electron chi connectivity index (χ1n) is 8.00. The van der Waals surface area contributed by atoms with E-state index in [2.05, 4.69) is 19.2 Å². The SMILES string of the molecule is CC(C)c1ccc(C(O)CNC(=O)c2ccc3c(c2)OCO3)cc1. The highest BCUT2D eigenvalue weighted by atomic mass is 16.7. The lowest BCUT2D eigenvalue weighted by molar-refractivity contribution is 0.0916. The standard InChI is InChI=1S/C19H21NO4/c1-12(2)13-3-5-14(6-4-13)16(21)10-20-19(22)15-7-8-17-18(9-15)24-11-23-17/h3-9,12,16,21H,10-11H2,1-2H3,(H,20,22). The predicted molar refractivity (Wildman–Crippen MR) is 90.4 cm³/mol. The molecule has 0 bridgehead atoms. The van der Waals surface area contributed by atoms with Crippen LogP contribution < -0.4 is 14.8 Å². The number of aliphatic hydroxyl groups is 1. The second-order valence-electron chi connectivity index (χ2n) is 6.12. The quantitative estimate of drug-likeness (QED) is 0.886. The Hall–Kier alpha value is -2.53. The van der Waals surface area contributed by atoms with Gasteiger partial charge in [-0.3, -0.25) is 4.79 Å². The molecule has 2 aromatic rings. The second kappa shape index (κ2) is 6.93. The monoisotopic (exact) mass is 327 g/mol. The fraction of sp³-hybridized carbons (Fsp3) is 0.316. The van der Waals surface area contributed by atoms with Crippen molar-refractivity contribution in [3.8, 4) is 11.5 Å². The summed E-state index contributed by atoms with van der Waals surface area (Å²) < 4.78 is 10.5. The average molecular weight is 327 g/mol. The number of hydrogen-bond donors (Lipinski definition) is 2. The maximum Gasteiger partial charge on any atom is 0.251 e. The van der Waals surface area contributed by atoms with Crippen molar-refractivity contribution in [3.63, 3.8) is 0 Å². The van der Waals surface area contributed by atoms with Gasteiger partial charge in [0.2, 0.25) is 6.79 Å². The first-order valence-corrected chi connectivity index (χ1v) is 8.00. The smallest absolute Gasteiger partial charge is 0.251 e. The molecular weight excluding hydrogens is 306 g/mol. The van der Waals surface area contributed by atoms with Crippen LogP contribution in [-0.4, -0.2) is 24.4 Å². The van der Waals surface area contributed by atoms with Gasteiger partial charge in [-0.1, -0.05) is 38.1 Å². The zero-order chi connectivity index (χ0) is 17.1. The zero-order valence-corrected chi connectivity index (χ0v) is 13.8. The van der Waals surface area contributed by atoms with Gasteiger partial charge in [0, 0.05) is 12.1 Å². The third-order valence-electron chi connectivity index (χ3n) is 4.08. The number of carbonyl (C=O) groups excluding carboxylic acids is 1. The number of rotatable bonds is 5. The molecule has 5 heteroatoms. The number of fused-ring (bicyclic) bond motifs is 1. The molecule has 1 heterocycles. The molecule has 0 aromatic heterocycles. The highest BCUT2D eigenvalue weighted by Crippen LogP contribution is 2.32. The van der Waals surface area contributed by atoms with E-state index in [9.17, 15) is 9.90 Å². The van der Waals surface area contributed by atoms with E-state index in [0.717, 1.165) is 5.56 Å². The van der Waals surface area contributed by atoms with Crippen molar-refractivity contribution in [2.24, 2.45) is 0 Å². The molecule has 3 rings (SSSR count). The Morgan fingerprint density at radius 1 is 1.08 bits per heavy atom. The van der Waals surface area contributed by atoms with Crippen molar-refractivity contribution >= 4 is 5.91 Å². The zero-order valence-electron chi connectivity index (χ0n) is 13.8. The molecule has 0 fully saturated rings. The summed E-state index contributed by atoms with van der Waals surface area (Å²) in [5, 5.41) is 13.0. The van der Waals surface area contributed by atoms with E-state index in [-0.39, 0.29) is 19.2 Å². The van der Waals surface area contributed by atoms with Crippen LogP contribution in [-0.2, 0) is 0 Å². The minimum Gasteiger partial charge on any atom is -0.454 e. The Balaban J connectivity index is 1.59. The molecule has 24 heavy (non-hydrogen) atoms. The van der Waals surface area contributed by atoms with Gasteiger partial charge in [-0.2, -0.15) is 0 Å². The molecular formula is C19H21NO4. The van der Waals surface area contributed by atoms with Crippen LogP contribution in [0.25, 0.3) is 0 Å². The number of benzene rings is 2. The van der Waals surface area contributed by atoms with Crippen LogP contribution in [0.3, 0.4) is 0 Å². The minimum absolute atomic E-state index is 0.147. The van der Waals surface area contributed by atoms with Gasteiger partial charge in [0.1, 0.15) is 0 Å². The Morgan fingerprint density at radius 2 is 1.75 bits per heavy atom. The summed E-state index contributed by atoms with van der Waals surface area (Å²) in [6, 6.07) is 12.8. The summed E-state index contributed by atoms with van der Waals surface area (Å²) >= 11 is 0. The van der Waals surface area contributed by atoms with E-state index in [1.807, 2.05) is 24.3 Å². The van der Waals surface area contributed by atoms with Crippen molar-refractivity contribution in [1.29, 1.82) is 0 Å². The Bertz CT molecular complexity index is 725. The summed E-state index contributed by atoms with van der Waals surface area (Å²) in [7, 11) is 0. The predicted octanol–water partition coefficient (Wildman–Crippen LogP) is 3.00. The normalized spacial score (nSPS) is 13.8. The Kier molecular flexibility index (Phi) is 4.71. The van der Waals surface area contributed by atoms with Crippen LogP contribution in [0.1, 0.15) is 47.4 Å². The second-order valence-corrected chi connectivity index (χ2v) is 6.12. The lowest BCUT2D eigenvalue weighted by atomic mass is 10.00. The van der Waals surface area contributed by atoms with Crippen molar-refractivity contribution in [1.82, 2.24) is 5.32 Å². The Labute approximate surface area is 141 Å². The fourth-order valence-corrected chi connectivity index (χ4v) is 2.55.